The summed E-state index contributed by atoms with van der Waals surface area (Å²) in [7, 11) is -3.35. The normalized spacial score (nSPS) is 19.0. The number of ether oxygens (including phenoxy) is 1. The van der Waals surface area contributed by atoms with Gasteiger partial charge in [0.2, 0.25) is 14.7 Å². The van der Waals surface area contributed by atoms with Crippen LogP contribution in [-0.4, -0.2) is 61.8 Å². The highest BCUT2D eigenvalue weighted by atomic mass is 32.2. The lowest BCUT2D eigenvalue weighted by molar-refractivity contribution is -0.154. The van der Waals surface area contributed by atoms with E-state index >= 15 is 0 Å². The lowest BCUT2D eigenvalue weighted by Crippen LogP contribution is -2.70. The van der Waals surface area contributed by atoms with Gasteiger partial charge in [-0.1, -0.05) is 48.5 Å². The number of amides is 1. The van der Waals surface area contributed by atoms with Crippen LogP contribution in [0.1, 0.15) is 37.3 Å². The molecule has 0 aliphatic carbocycles. The van der Waals surface area contributed by atoms with Crippen molar-refractivity contribution in [2.24, 2.45) is 11.5 Å². The number of carbonyl (C=O) groups excluding carboxylic acids is 2. The van der Waals surface area contributed by atoms with Crippen molar-refractivity contribution in [2.75, 3.05) is 20.2 Å². The van der Waals surface area contributed by atoms with E-state index in [0.717, 1.165) is 18.2 Å². The molecule has 1 saturated heterocycles. The van der Waals surface area contributed by atoms with E-state index in [1.165, 1.54) is 24.1 Å². The molecule has 1 fully saturated rings. The third-order valence-corrected chi connectivity index (χ3v) is 9.68. The van der Waals surface area contributed by atoms with Gasteiger partial charge in [-0.2, -0.15) is 0 Å². The van der Waals surface area contributed by atoms with Crippen molar-refractivity contribution in [1.29, 1.82) is 5.41 Å². The lowest BCUT2D eigenvalue weighted by Gasteiger charge is -2.46. The summed E-state index contributed by atoms with van der Waals surface area (Å²) >= 11 is 0. The van der Waals surface area contributed by atoms with E-state index < -0.39 is 45.2 Å². The number of fused-ring (bicyclic) bond motifs is 1. The molecule has 1 heterocycles. The Labute approximate surface area is 234 Å². The van der Waals surface area contributed by atoms with Crippen molar-refractivity contribution in [1.82, 2.24) is 10.2 Å². The van der Waals surface area contributed by atoms with Gasteiger partial charge in [0.15, 0.2) is 0 Å². The Hall–Kier alpha value is -3.80. The minimum atomic E-state index is -4.55. The van der Waals surface area contributed by atoms with E-state index in [2.05, 4.69) is 5.32 Å². The van der Waals surface area contributed by atoms with Gasteiger partial charge >= 0.3 is 5.97 Å². The van der Waals surface area contributed by atoms with E-state index in [1.807, 2.05) is 12.1 Å². The maximum atomic E-state index is 14.5. The summed E-state index contributed by atoms with van der Waals surface area (Å²) in [6.07, 6.45) is 1.71. The number of esters is 1. The standard InChI is InChI=1S/C29H35N5O5S/c1-28(14-5-6-15-33-28)34(19-25(35)39-2)27(36)29(32,18-20-8-7-11-23(16-20)26(30)31)40(37,38)24-13-12-21-9-3-4-10-22(21)17-24/h3-4,7-13,16-17,33H,5-6,14-15,18-19,32H2,1-2H3,(H3,30,31)/t28?,29-/m1/s1. The molecular weight excluding hydrogens is 530 g/mol. The van der Waals surface area contributed by atoms with Gasteiger partial charge in [0, 0.05) is 12.0 Å². The second-order valence-corrected chi connectivity index (χ2v) is 12.5. The fourth-order valence-corrected chi connectivity index (χ4v) is 6.79. The molecule has 10 nitrogen and oxygen atoms in total. The molecular formula is C29H35N5O5S. The minimum absolute atomic E-state index is 0.121. The molecule has 2 atom stereocenters. The van der Waals surface area contributed by atoms with Gasteiger partial charge in [0.05, 0.1) is 17.7 Å². The van der Waals surface area contributed by atoms with Crippen LogP contribution in [0.5, 0.6) is 0 Å². The number of piperidine rings is 1. The number of nitrogen functional groups attached to an aromatic ring is 1. The van der Waals surface area contributed by atoms with Crippen molar-refractivity contribution < 1.29 is 22.7 Å². The molecule has 1 aliphatic heterocycles. The molecule has 6 N–H and O–H groups in total. The fourth-order valence-electron chi connectivity index (χ4n) is 5.15. The van der Waals surface area contributed by atoms with Crippen LogP contribution in [0.25, 0.3) is 10.8 Å². The molecule has 1 unspecified atom stereocenters. The summed E-state index contributed by atoms with van der Waals surface area (Å²) in [5.74, 6) is -1.85. The van der Waals surface area contributed by atoms with Crippen LogP contribution in [0.2, 0.25) is 0 Å². The summed E-state index contributed by atoms with van der Waals surface area (Å²) in [4.78, 5) is 25.6. The van der Waals surface area contributed by atoms with E-state index in [-0.39, 0.29) is 10.7 Å². The Kier molecular flexibility index (Phi) is 8.29. The number of carbonyl (C=O) groups is 2. The number of nitrogens with two attached hydrogens (primary N) is 2. The third kappa shape index (κ3) is 5.58. The molecule has 4 rings (SSSR count). The van der Waals surface area contributed by atoms with E-state index in [4.69, 9.17) is 21.6 Å². The molecule has 1 amide bonds. The van der Waals surface area contributed by atoms with Gasteiger partial charge in [0.1, 0.15) is 12.4 Å². The minimum Gasteiger partial charge on any atom is -0.468 e. The SMILES string of the molecule is COC(=O)CN(C(=O)[C@@](N)(Cc1cccc(C(=N)N)c1)S(=O)(=O)c1ccc2ccccc2c1)C1(C)CCCCN1. The first kappa shape index (κ1) is 29.2. The summed E-state index contributed by atoms with van der Waals surface area (Å²) < 4.78 is 33.7. The van der Waals surface area contributed by atoms with Crippen LogP contribution >= 0.6 is 0 Å². The van der Waals surface area contributed by atoms with E-state index in [9.17, 15) is 18.0 Å². The molecule has 0 radical (unpaired) electrons. The largest absolute Gasteiger partial charge is 0.468 e. The number of benzene rings is 3. The fraction of sp³-hybridized carbons (Fsp3) is 0.345. The van der Waals surface area contributed by atoms with Gasteiger partial charge in [-0.15, -0.1) is 0 Å². The topological polar surface area (TPSA) is 169 Å². The Bertz CT molecular complexity index is 1550. The van der Waals surface area contributed by atoms with Gasteiger partial charge in [-0.3, -0.25) is 20.3 Å². The number of hydrogen-bond acceptors (Lipinski definition) is 8. The number of sulfone groups is 1. The zero-order valence-corrected chi connectivity index (χ0v) is 23.5. The Morgan fingerprint density at radius 2 is 1.80 bits per heavy atom. The molecule has 0 aromatic heterocycles. The Balaban J connectivity index is 1.89. The van der Waals surface area contributed by atoms with Crippen molar-refractivity contribution in [2.45, 2.75) is 48.0 Å². The quantitative estimate of drug-likeness (QED) is 0.174. The Morgan fingerprint density at radius 1 is 1.07 bits per heavy atom. The Morgan fingerprint density at radius 3 is 2.45 bits per heavy atom. The number of hydrogen-bond donors (Lipinski definition) is 4. The first-order chi connectivity index (χ1) is 18.9. The van der Waals surface area contributed by atoms with Crippen molar-refractivity contribution >= 4 is 38.3 Å². The van der Waals surface area contributed by atoms with Crippen molar-refractivity contribution in [3.63, 3.8) is 0 Å². The van der Waals surface area contributed by atoms with Gasteiger partial charge in [-0.25, -0.2) is 8.42 Å². The molecule has 212 valence electrons. The van der Waals surface area contributed by atoms with Gasteiger partial charge in [0.25, 0.3) is 5.91 Å². The predicted octanol–water partition coefficient (Wildman–Crippen LogP) is 2.29. The molecule has 0 bridgehead atoms. The number of methoxy groups -OCH3 is 1. The molecule has 11 heteroatoms. The van der Waals surface area contributed by atoms with Crippen LogP contribution in [0.15, 0.2) is 71.6 Å². The average molecular weight is 566 g/mol. The smallest absolute Gasteiger partial charge is 0.325 e. The van der Waals surface area contributed by atoms with Crippen LogP contribution < -0.4 is 16.8 Å². The van der Waals surface area contributed by atoms with Crippen LogP contribution in [0, 0.1) is 5.41 Å². The first-order valence-electron chi connectivity index (χ1n) is 13.0. The highest BCUT2D eigenvalue weighted by molar-refractivity contribution is 7.93. The first-order valence-corrected chi connectivity index (χ1v) is 14.5. The summed E-state index contributed by atoms with van der Waals surface area (Å²) in [5, 5.41) is 12.6. The number of rotatable bonds is 9. The molecule has 0 saturated carbocycles. The summed E-state index contributed by atoms with van der Waals surface area (Å²) in [5.41, 5.74) is 12.2. The second-order valence-electron chi connectivity index (χ2n) is 10.3. The zero-order chi connectivity index (χ0) is 29.1. The highest BCUT2D eigenvalue weighted by Gasteiger charge is 2.54. The van der Waals surface area contributed by atoms with Crippen LogP contribution in [0.3, 0.4) is 0 Å². The van der Waals surface area contributed by atoms with Gasteiger partial charge in [-0.05, 0) is 67.3 Å². The van der Waals surface area contributed by atoms with Crippen molar-refractivity contribution in [3.8, 4) is 0 Å². The van der Waals surface area contributed by atoms with Crippen LogP contribution in [0.4, 0.5) is 0 Å². The summed E-state index contributed by atoms with van der Waals surface area (Å²) in [6.45, 7) is 1.85. The predicted molar refractivity (Wildman–Crippen MR) is 153 cm³/mol. The molecule has 3 aromatic carbocycles. The lowest BCUT2D eigenvalue weighted by atomic mass is 9.95. The second kappa shape index (κ2) is 11.4. The maximum absolute atomic E-state index is 14.5. The zero-order valence-electron chi connectivity index (χ0n) is 22.6. The number of nitrogens with one attached hydrogen (secondary N) is 2. The maximum Gasteiger partial charge on any atom is 0.325 e. The number of amidine groups is 1. The van der Waals surface area contributed by atoms with Crippen molar-refractivity contribution in [3.05, 3.63) is 77.9 Å². The molecule has 3 aromatic rings. The van der Waals surface area contributed by atoms with Crippen LogP contribution in [-0.2, 0) is 30.6 Å². The van der Waals surface area contributed by atoms with E-state index in [0.29, 0.717) is 29.5 Å². The van der Waals surface area contributed by atoms with Gasteiger partial charge < -0.3 is 21.1 Å². The highest BCUT2D eigenvalue weighted by Crippen LogP contribution is 2.33. The third-order valence-electron chi connectivity index (χ3n) is 7.53. The molecule has 40 heavy (non-hydrogen) atoms. The molecule has 1 aliphatic rings. The molecule has 0 spiro atoms. The number of nitrogens with zero attached hydrogens (tertiary/aromatic N) is 1. The monoisotopic (exact) mass is 565 g/mol. The average Bonchev–Trinajstić information content (AvgIpc) is 2.95. The summed E-state index contributed by atoms with van der Waals surface area (Å²) in [6, 6.07) is 18.3. The van der Waals surface area contributed by atoms with E-state index in [1.54, 1.807) is 49.4 Å².